The molecule has 130 valence electrons. The van der Waals surface area contributed by atoms with Gasteiger partial charge in [0.15, 0.2) is 0 Å². The van der Waals surface area contributed by atoms with Crippen molar-refractivity contribution in [2.45, 2.75) is 25.8 Å². The van der Waals surface area contributed by atoms with E-state index in [1.54, 1.807) is 18.7 Å². The van der Waals surface area contributed by atoms with Crippen LogP contribution >= 0.6 is 0 Å². The van der Waals surface area contributed by atoms with Crippen molar-refractivity contribution in [3.8, 4) is 0 Å². The minimum absolute atomic E-state index is 0.140. The molecule has 0 aliphatic carbocycles. The molecule has 0 radical (unpaired) electrons. The number of nitrogens with zero attached hydrogens (tertiary/aromatic N) is 2. The van der Waals surface area contributed by atoms with Gasteiger partial charge in [0.25, 0.3) is 5.91 Å². The predicted molar refractivity (Wildman–Crippen MR) is 90.1 cm³/mol. The number of carbonyl (C=O) groups excluding carboxylic acids is 3. The number of nitrogens with one attached hydrogen (secondary N) is 1. The van der Waals surface area contributed by atoms with Gasteiger partial charge in [-0.3, -0.25) is 14.9 Å². The van der Waals surface area contributed by atoms with Crippen LogP contribution in [-0.4, -0.2) is 59.4 Å². The molecule has 1 aliphatic heterocycles. The minimum atomic E-state index is -1.03. The lowest BCUT2D eigenvalue weighted by atomic mass is 10.0. The standard InChI is InChI=1S/C17H24N4O3/c1-17(2)15(23)19-16(24)21(17)12-14(22)20(11-9-18)10-8-13-6-4-3-5-7-13/h3-7H,8-12,18H2,1-2H3,(H,19,23,24). The first kappa shape index (κ1) is 17.9. The Labute approximate surface area is 141 Å². The van der Waals surface area contributed by atoms with Crippen molar-refractivity contribution >= 4 is 17.8 Å². The third-order valence-corrected chi connectivity index (χ3v) is 4.25. The van der Waals surface area contributed by atoms with Gasteiger partial charge in [0.2, 0.25) is 5.91 Å². The number of nitrogens with two attached hydrogens (primary N) is 1. The van der Waals surface area contributed by atoms with Gasteiger partial charge in [0, 0.05) is 19.6 Å². The third-order valence-electron chi connectivity index (χ3n) is 4.25. The van der Waals surface area contributed by atoms with E-state index < -0.39 is 17.5 Å². The zero-order valence-electron chi connectivity index (χ0n) is 14.1. The van der Waals surface area contributed by atoms with Crippen LogP contribution in [-0.2, 0) is 16.0 Å². The van der Waals surface area contributed by atoms with Gasteiger partial charge in [0.05, 0.1) is 0 Å². The van der Waals surface area contributed by atoms with Gasteiger partial charge in [-0.25, -0.2) is 4.79 Å². The summed E-state index contributed by atoms with van der Waals surface area (Å²) in [5.74, 6) is -0.607. The van der Waals surface area contributed by atoms with Gasteiger partial charge in [0.1, 0.15) is 12.1 Å². The average Bonchev–Trinajstić information content (AvgIpc) is 2.74. The summed E-state index contributed by atoms with van der Waals surface area (Å²) < 4.78 is 0. The van der Waals surface area contributed by atoms with Crippen molar-refractivity contribution in [3.63, 3.8) is 0 Å². The highest BCUT2D eigenvalue weighted by Crippen LogP contribution is 2.20. The first-order chi connectivity index (χ1) is 11.4. The van der Waals surface area contributed by atoms with Crippen LogP contribution in [0.2, 0.25) is 0 Å². The molecule has 2 rings (SSSR count). The van der Waals surface area contributed by atoms with E-state index in [1.165, 1.54) is 4.90 Å². The van der Waals surface area contributed by atoms with Gasteiger partial charge in [-0.15, -0.1) is 0 Å². The number of carbonyl (C=O) groups is 3. The number of urea groups is 1. The maximum absolute atomic E-state index is 12.6. The fraction of sp³-hybridized carbons (Fsp3) is 0.471. The molecule has 1 heterocycles. The molecule has 0 spiro atoms. The van der Waals surface area contributed by atoms with Crippen LogP contribution in [0.3, 0.4) is 0 Å². The van der Waals surface area contributed by atoms with Crippen molar-refractivity contribution in [3.05, 3.63) is 35.9 Å². The van der Waals surface area contributed by atoms with E-state index in [0.717, 1.165) is 5.56 Å². The Bertz CT molecular complexity index is 616. The van der Waals surface area contributed by atoms with E-state index in [9.17, 15) is 14.4 Å². The van der Waals surface area contributed by atoms with E-state index in [4.69, 9.17) is 5.73 Å². The molecule has 7 heteroatoms. The van der Waals surface area contributed by atoms with Gasteiger partial charge < -0.3 is 15.5 Å². The largest absolute Gasteiger partial charge is 0.340 e. The van der Waals surface area contributed by atoms with Gasteiger partial charge in [-0.1, -0.05) is 30.3 Å². The first-order valence-corrected chi connectivity index (χ1v) is 8.01. The molecule has 1 aromatic carbocycles. The second kappa shape index (κ2) is 7.44. The van der Waals surface area contributed by atoms with Crippen LogP contribution in [0, 0.1) is 0 Å². The molecule has 1 aliphatic rings. The van der Waals surface area contributed by atoms with E-state index in [2.05, 4.69) is 5.32 Å². The van der Waals surface area contributed by atoms with Crippen molar-refractivity contribution < 1.29 is 14.4 Å². The fourth-order valence-corrected chi connectivity index (χ4v) is 2.62. The Balaban J connectivity index is 2.01. The minimum Gasteiger partial charge on any atom is -0.340 e. The molecule has 3 N–H and O–H groups in total. The van der Waals surface area contributed by atoms with E-state index in [1.807, 2.05) is 30.3 Å². The molecule has 4 amide bonds. The Kier molecular flexibility index (Phi) is 5.56. The summed E-state index contributed by atoms with van der Waals surface area (Å²) in [5, 5.41) is 2.24. The van der Waals surface area contributed by atoms with Crippen LogP contribution in [0.25, 0.3) is 0 Å². The van der Waals surface area contributed by atoms with Crippen molar-refractivity contribution in [2.75, 3.05) is 26.2 Å². The van der Waals surface area contributed by atoms with Crippen LogP contribution in [0.15, 0.2) is 30.3 Å². The summed E-state index contributed by atoms with van der Waals surface area (Å²) in [6, 6.07) is 9.31. The molecule has 0 unspecified atom stereocenters. The fourth-order valence-electron chi connectivity index (χ4n) is 2.62. The second-order valence-electron chi connectivity index (χ2n) is 6.31. The first-order valence-electron chi connectivity index (χ1n) is 8.01. The normalized spacial score (nSPS) is 16.2. The number of hydrogen-bond donors (Lipinski definition) is 2. The zero-order chi connectivity index (χ0) is 17.7. The molecule has 1 aromatic rings. The predicted octanol–water partition coefficient (Wildman–Crippen LogP) is 0.347. The number of hydrogen-bond acceptors (Lipinski definition) is 4. The highest BCUT2D eigenvalue weighted by atomic mass is 16.2. The Morgan fingerprint density at radius 3 is 2.42 bits per heavy atom. The topological polar surface area (TPSA) is 95.7 Å². The van der Waals surface area contributed by atoms with Crippen molar-refractivity contribution in [1.29, 1.82) is 0 Å². The molecule has 0 bridgehead atoms. The Morgan fingerprint density at radius 2 is 1.88 bits per heavy atom. The Hall–Kier alpha value is -2.41. The molecule has 0 aromatic heterocycles. The monoisotopic (exact) mass is 332 g/mol. The summed E-state index contributed by atoms with van der Waals surface area (Å²) in [6.07, 6.45) is 0.709. The smallest absolute Gasteiger partial charge is 0.325 e. The number of rotatable bonds is 7. The molecule has 24 heavy (non-hydrogen) atoms. The van der Waals surface area contributed by atoms with E-state index >= 15 is 0 Å². The van der Waals surface area contributed by atoms with E-state index in [-0.39, 0.29) is 12.5 Å². The lowest BCUT2D eigenvalue weighted by Crippen LogP contribution is -2.50. The summed E-state index contributed by atoms with van der Waals surface area (Å²) in [7, 11) is 0. The highest BCUT2D eigenvalue weighted by Gasteiger charge is 2.46. The summed E-state index contributed by atoms with van der Waals surface area (Å²) >= 11 is 0. The summed E-state index contributed by atoms with van der Waals surface area (Å²) in [4.78, 5) is 39.2. The summed E-state index contributed by atoms with van der Waals surface area (Å²) in [5.41, 5.74) is 5.71. The SMILES string of the molecule is CC1(C)C(=O)NC(=O)N1CC(=O)N(CCN)CCc1ccccc1. The number of imide groups is 1. The average molecular weight is 332 g/mol. The zero-order valence-corrected chi connectivity index (χ0v) is 14.1. The van der Waals surface area contributed by atoms with Crippen LogP contribution in [0.5, 0.6) is 0 Å². The highest BCUT2D eigenvalue weighted by molar-refractivity contribution is 6.07. The molecule has 1 saturated heterocycles. The number of benzene rings is 1. The van der Waals surface area contributed by atoms with Crippen molar-refractivity contribution in [1.82, 2.24) is 15.1 Å². The lowest BCUT2D eigenvalue weighted by molar-refractivity contribution is -0.133. The van der Waals surface area contributed by atoms with Crippen LogP contribution in [0.1, 0.15) is 19.4 Å². The van der Waals surface area contributed by atoms with Gasteiger partial charge in [-0.2, -0.15) is 0 Å². The molecule has 7 nitrogen and oxygen atoms in total. The number of amides is 4. The molecule has 0 atom stereocenters. The maximum Gasteiger partial charge on any atom is 0.325 e. The molecular weight excluding hydrogens is 308 g/mol. The quantitative estimate of drug-likeness (QED) is 0.704. The van der Waals surface area contributed by atoms with Gasteiger partial charge >= 0.3 is 6.03 Å². The van der Waals surface area contributed by atoms with Crippen LogP contribution in [0.4, 0.5) is 4.79 Å². The van der Waals surface area contributed by atoms with E-state index in [0.29, 0.717) is 26.1 Å². The lowest BCUT2D eigenvalue weighted by Gasteiger charge is -2.30. The molecule has 1 fully saturated rings. The molecular formula is C17H24N4O3. The third kappa shape index (κ3) is 3.91. The van der Waals surface area contributed by atoms with Gasteiger partial charge in [-0.05, 0) is 25.8 Å². The second-order valence-corrected chi connectivity index (χ2v) is 6.31. The summed E-state index contributed by atoms with van der Waals surface area (Å²) in [6.45, 7) is 4.38. The van der Waals surface area contributed by atoms with Crippen molar-refractivity contribution in [2.24, 2.45) is 5.73 Å². The Morgan fingerprint density at radius 1 is 1.21 bits per heavy atom. The maximum atomic E-state index is 12.6. The molecule has 0 saturated carbocycles. The van der Waals surface area contributed by atoms with Crippen LogP contribution < -0.4 is 11.1 Å².